The number of fused-ring (bicyclic) bond motifs is 5. The first-order valence-electron chi connectivity index (χ1n) is 16.6. The Morgan fingerprint density at radius 3 is 2.49 bits per heavy atom. The van der Waals surface area contributed by atoms with Crippen LogP contribution in [-0.4, -0.2) is 97.4 Å². The molecule has 0 fully saturated rings. The monoisotopic (exact) mass is 662 g/mol. The maximum Gasteiger partial charge on any atom is 0.263 e. The van der Waals surface area contributed by atoms with Gasteiger partial charge in [0.25, 0.3) is 11.8 Å². The van der Waals surface area contributed by atoms with Gasteiger partial charge in [0, 0.05) is 62.7 Å². The molecule has 0 spiro atoms. The van der Waals surface area contributed by atoms with Crippen LogP contribution in [0.25, 0.3) is 17.1 Å². The molecule has 2 aliphatic heterocycles. The van der Waals surface area contributed by atoms with Crippen molar-refractivity contribution in [2.45, 2.75) is 38.3 Å². The van der Waals surface area contributed by atoms with Crippen LogP contribution in [0.4, 0.5) is 0 Å². The Morgan fingerprint density at radius 2 is 1.69 bits per heavy atom. The number of imidazole rings is 1. The van der Waals surface area contributed by atoms with Crippen molar-refractivity contribution in [1.82, 2.24) is 39.6 Å². The van der Waals surface area contributed by atoms with E-state index in [4.69, 9.17) is 14.2 Å². The van der Waals surface area contributed by atoms with Crippen LogP contribution < -0.4 is 14.2 Å². The zero-order valence-electron chi connectivity index (χ0n) is 27.4. The van der Waals surface area contributed by atoms with Crippen molar-refractivity contribution in [3.63, 3.8) is 0 Å². The van der Waals surface area contributed by atoms with Gasteiger partial charge in [-0.15, -0.1) is 5.10 Å². The molecule has 2 aliphatic rings. The SMILES string of the molecule is COc1ccc2cc1OCCCN(C(=O)C1Cc3ccccc3O1)CCCCN(C(=O)c1ccc(-n3cnnn3)cc1)CCn1ccnc1-2. The van der Waals surface area contributed by atoms with E-state index in [-0.39, 0.29) is 11.8 Å². The van der Waals surface area contributed by atoms with Gasteiger partial charge in [-0.05, 0) is 83.8 Å². The lowest BCUT2D eigenvalue weighted by molar-refractivity contribution is -0.138. The highest BCUT2D eigenvalue weighted by atomic mass is 16.5. The number of aromatic nitrogens is 6. The number of hydrogen-bond donors (Lipinski definition) is 0. The molecule has 1 atom stereocenters. The Balaban J connectivity index is 1.13. The van der Waals surface area contributed by atoms with Crippen LogP contribution in [0.3, 0.4) is 0 Å². The van der Waals surface area contributed by atoms with Gasteiger partial charge in [-0.3, -0.25) is 9.59 Å². The molecule has 0 saturated carbocycles. The number of para-hydroxylation sites is 1. The van der Waals surface area contributed by atoms with E-state index in [1.165, 1.54) is 6.33 Å². The number of carbonyl (C=O) groups is 2. The predicted molar refractivity (Wildman–Crippen MR) is 180 cm³/mol. The second-order valence-electron chi connectivity index (χ2n) is 12.1. The minimum atomic E-state index is -0.555. The molecule has 0 aliphatic carbocycles. The first-order chi connectivity index (χ1) is 24.1. The average Bonchev–Trinajstić information content (AvgIpc) is 3.93. The van der Waals surface area contributed by atoms with Gasteiger partial charge in [-0.2, -0.15) is 0 Å². The smallest absolute Gasteiger partial charge is 0.263 e. The van der Waals surface area contributed by atoms with Gasteiger partial charge >= 0.3 is 0 Å². The van der Waals surface area contributed by atoms with Crippen LogP contribution in [0.15, 0.2) is 85.5 Å². The molecule has 3 aromatic carbocycles. The fourth-order valence-corrected chi connectivity index (χ4v) is 6.34. The fourth-order valence-electron chi connectivity index (χ4n) is 6.34. The Morgan fingerprint density at radius 1 is 0.878 bits per heavy atom. The molecule has 13 heteroatoms. The zero-order valence-corrected chi connectivity index (χ0v) is 27.4. The molecule has 49 heavy (non-hydrogen) atoms. The summed E-state index contributed by atoms with van der Waals surface area (Å²) in [5.74, 6) is 2.65. The van der Waals surface area contributed by atoms with Crippen LogP contribution in [-0.2, 0) is 17.8 Å². The minimum absolute atomic E-state index is 0.0327. The van der Waals surface area contributed by atoms with Crippen LogP contribution in [0, 0.1) is 0 Å². The molecule has 13 nitrogen and oxygen atoms in total. The van der Waals surface area contributed by atoms with Crippen molar-refractivity contribution in [2.24, 2.45) is 0 Å². The van der Waals surface area contributed by atoms with Crippen LogP contribution >= 0.6 is 0 Å². The summed E-state index contributed by atoms with van der Waals surface area (Å²) in [4.78, 5) is 36.2. The van der Waals surface area contributed by atoms with Gasteiger partial charge in [0.1, 0.15) is 17.9 Å². The van der Waals surface area contributed by atoms with Crippen LogP contribution in [0.5, 0.6) is 17.2 Å². The van der Waals surface area contributed by atoms with Crippen molar-refractivity contribution in [1.29, 1.82) is 0 Å². The number of methoxy groups -OCH3 is 1. The van der Waals surface area contributed by atoms with Gasteiger partial charge in [0.2, 0.25) is 0 Å². The number of hydrogen-bond acceptors (Lipinski definition) is 9. The molecule has 7 rings (SSSR count). The normalized spacial score (nSPS) is 16.9. The highest BCUT2D eigenvalue weighted by Gasteiger charge is 2.32. The highest BCUT2D eigenvalue weighted by Crippen LogP contribution is 2.33. The van der Waals surface area contributed by atoms with Gasteiger partial charge in [-0.1, -0.05) is 18.2 Å². The predicted octanol–water partition coefficient (Wildman–Crippen LogP) is 4.07. The molecule has 0 N–H and O–H groups in total. The van der Waals surface area contributed by atoms with E-state index >= 15 is 0 Å². The number of amides is 2. The lowest BCUT2D eigenvalue weighted by Gasteiger charge is -2.27. The van der Waals surface area contributed by atoms with Gasteiger partial charge < -0.3 is 28.6 Å². The Kier molecular flexibility index (Phi) is 9.48. The highest BCUT2D eigenvalue weighted by molar-refractivity contribution is 5.94. The summed E-state index contributed by atoms with van der Waals surface area (Å²) in [7, 11) is 1.61. The molecule has 2 amide bonds. The van der Waals surface area contributed by atoms with Gasteiger partial charge in [0.15, 0.2) is 17.6 Å². The Labute approximate surface area is 284 Å². The molecule has 0 radical (unpaired) electrons. The molecule has 4 heterocycles. The quantitative estimate of drug-likeness (QED) is 0.280. The van der Waals surface area contributed by atoms with Crippen molar-refractivity contribution >= 4 is 11.8 Å². The van der Waals surface area contributed by atoms with E-state index in [0.29, 0.717) is 69.2 Å². The van der Waals surface area contributed by atoms with Crippen molar-refractivity contribution < 1.29 is 23.8 Å². The van der Waals surface area contributed by atoms with Crippen molar-refractivity contribution in [3.05, 3.63) is 96.6 Å². The van der Waals surface area contributed by atoms with Crippen LogP contribution in [0.2, 0.25) is 0 Å². The summed E-state index contributed by atoms with van der Waals surface area (Å²) < 4.78 is 21.5. The third kappa shape index (κ3) is 7.10. The average molecular weight is 663 g/mol. The second kappa shape index (κ2) is 14.6. The zero-order chi connectivity index (χ0) is 33.6. The summed E-state index contributed by atoms with van der Waals surface area (Å²) in [6.07, 6.45) is 7.25. The maximum atomic E-state index is 13.9. The molecule has 5 aromatic rings. The van der Waals surface area contributed by atoms with E-state index in [0.717, 1.165) is 41.2 Å². The number of nitrogens with zero attached hydrogens (tertiary/aromatic N) is 8. The fraction of sp³-hybridized carbons (Fsp3) is 0.333. The van der Waals surface area contributed by atoms with E-state index in [1.807, 2.05) is 75.2 Å². The number of rotatable bonds is 4. The lowest BCUT2D eigenvalue weighted by atomic mass is 10.1. The van der Waals surface area contributed by atoms with E-state index in [1.54, 1.807) is 30.1 Å². The third-order valence-corrected chi connectivity index (χ3v) is 8.93. The summed E-state index contributed by atoms with van der Waals surface area (Å²) in [5, 5.41) is 11.3. The van der Waals surface area contributed by atoms with Crippen molar-refractivity contribution in [3.8, 4) is 34.3 Å². The molecule has 2 bridgehead atoms. The maximum absolute atomic E-state index is 13.9. The topological polar surface area (TPSA) is 130 Å². The summed E-state index contributed by atoms with van der Waals surface area (Å²) in [5.41, 5.74) is 3.24. The van der Waals surface area contributed by atoms with Gasteiger partial charge in [0.05, 0.1) is 19.4 Å². The molecular formula is C36H38N8O5. The molecule has 1 unspecified atom stereocenters. The van der Waals surface area contributed by atoms with E-state index in [2.05, 4.69) is 20.5 Å². The Bertz CT molecular complexity index is 1870. The van der Waals surface area contributed by atoms with Crippen molar-refractivity contribution in [2.75, 3.05) is 39.9 Å². The number of ether oxygens (including phenoxy) is 3. The number of carbonyl (C=O) groups excluding carboxylic acids is 2. The number of tetrazole rings is 1. The number of benzene rings is 3. The van der Waals surface area contributed by atoms with Crippen LogP contribution in [0.1, 0.15) is 35.2 Å². The largest absolute Gasteiger partial charge is 0.493 e. The first kappa shape index (κ1) is 31.9. The summed E-state index contributed by atoms with van der Waals surface area (Å²) >= 11 is 0. The molecule has 252 valence electrons. The summed E-state index contributed by atoms with van der Waals surface area (Å²) in [6.45, 7) is 2.99. The molecular weight excluding hydrogens is 624 g/mol. The minimum Gasteiger partial charge on any atom is -0.493 e. The molecule has 0 saturated heterocycles. The second-order valence-corrected chi connectivity index (χ2v) is 12.1. The summed E-state index contributed by atoms with van der Waals surface area (Å²) in [6, 6.07) is 20.8. The standard InChI is InChI=1S/C36H38N8O5/c1-47-31-14-11-28-24-32(31)48-22-6-18-42(36(46)33-23-27-7-2-3-8-30(27)49-33)16-4-5-17-43(21-20-41-19-15-37-34(28)41)35(45)26-9-12-29(13-10-26)44-25-38-39-40-44/h2-3,7-15,19,24-25,33H,4-6,16-18,20-23H2,1H3. The lowest BCUT2D eigenvalue weighted by Crippen LogP contribution is -2.43. The van der Waals surface area contributed by atoms with E-state index < -0.39 is 6.10 Å². The Hall–Kier alpha value is -5.72. The first-order valence-corrected chi connectivity index (χ1v) is 16.6. The van der Waals surface area contributed by atoms with Gasteiger partial charge in [-0.25, -0.2) is 9.67 Å². The van der Waals surface area contributed by atoms with E-state index in [9.17, 15) is 9.59 Å². The molecule has 2 aromatic heterocycles. The third-order valence-electron chi connectivity index (χ3n) is 8.93.